The van der Waals surface area contributed by atoms with E-state index in [0.717, 1.165) is 18.6 Å². The molecular weight excluding hydrogens is 216 g/mol. The van der Waals surface area contributed by atoms with Crippen molar-refractivity contribution < 1.29 is 14.6 Å². The first-order valence-corrected chi connectivity index (χ1v) is 6.14. The van der Waals surface area contributed by atoms with Crippen LogP contribution < -0.4 is 4.74 Å². The third kappa shape index (κ3) is 4.19. The number of benzene rings is 1. The molecule has 0 aromatic heterocycles. The topological polar surface area (TPSA) is 46.5 Å². The lowest BCUT2D eigenvalue weighted by molar-refractivity contribution is 0.0726. The van der Waals surface area contributed by atoms with Crippen LogP contribution in [-0.4, -0.2) is 23.6 Å². The van der Waals surface area contributed by atoms with Crippen LogP contribution in [0.25, 0.3) is 0 Å². The summed E-state index contributed by atoms with van der Waals surface area (Å²) in [6.07, 6.45) is 1.49. The number of unbranched alkanes of at least 4 members (excludes halogenated alkanes) is 1. The minimum absolute atomic E-state index is 0.207. The number of aliphatic hydroxyl groups excluding tert-OH is 1. The second-order valence-electron chi connectivity index (χ2n) is 3.98. The van der Waals surface area contributed by atoms with Crippen LogP contribution in [-0.2, 0) is 0 Å². The fourth-order valence-corrected chi connectivity index (χ4v) is 1.60. The van der Waals surface area contributed by atoms with Crippen molar-refractivity contribution in [3.63, 3.8) is 0 Å². The lowest BCUT2D eigenvalue weighted by atomic mass is 10.0. The molecule has 0 radical (unpaired) electrons. The van der Waals surface area contributed by atoms with Gasteiger partial charge in [-0.1, -0.05) is 19.8 Å². The average molecular weight is 236 g/mol. The van der Waals surface area contributed by atoms with E-state index < -0.39 is 6.10 Å². The van der Waals surface area contributed by atoms with Gasteiger partial charge in [-0.05, 0) is 37.6 Å². The molecule has 0 aliphatic carbocycles. The fourth-order valence-electron chi connectivity index (χ4n) is 1.60. The van der Waals surface area contributed by atoms with Crippen LogP contribution in [0.15, 0.2) is 24.3 Å². The number of hydrogen-bond donors (Lipinski definition) is 1. The molecule has 3 nitrogen and oxygen atoms in total. The number of ether oxygens (including phenoxy) is 1. The van der Waals surface area contributed by atoms with Crippen LogP contribution in [0, 0.1) is 0 Å². The third-order valence-electron chi connectivity index (χ3n) is 2.58. The number of hydrogen-bond acceptors (Lipinski definition) is 3. The maximum Gasteiger partial charge on any atom is 0.191 e. The molecule has 94 valence electrons. The Balaban J connectivity index is 2.62. The third-order valence-corrected chi connectivity index (χ3v) is 2.58. The van der Waals surface area contributed by atoms with Gasteiger partial charge in [0.15, 0.2) is 5.78 Å². The van der Waals surface area contributed by atoms with Crippen molar-refractivity contribution in [2.75, 3.05) is 6.61 Å². The van der Waals surface area contributed by atoms with E-state index in [1.807, 2.05) is 13.8 Å². The van der Waals surface area contributed by atoms with Crippen molar-refractivity contribution in [3.8, 4) is 5.75 Å². The molecule has 3 heteroatoms. The van der Waals surface area contributed by atoms with Gasteiger partial charge in [-0.25, -0.2) is 0 Å². The summed E-state index contributed by atoms with van der Waals surface area (Å²) in [5.41, 5.74) is 0.539. The lowest BCUT2D eigenvalue weighted by Crippen LogP contribution is -2.20. The average Bonchev–Trinajstić information content (AvgIpc) is 2.36. The minimum Gasteiger partial charge on any atom is -0.494 e. The molecule has 0 saturated heterocycles. The maximum atomic E-state index is 11.8. The fraction of sp³-hybridized carbons (Fsp3) is 0.500. The first-order valence-electron chi connectivity index (χ1n) is 6.14. The molecule has 0 saturated carbocycles. The predicted molar refractivity (Wildman–Crippen MR) is 67.5 cm³/mol. The van der Waals surface area contributed by atoms with Crippen LogP contribution in [0.1, 0.15) is 43.5 Å². The van der Waals surface area contributed by atoms with Gasteiger partial charge < -0.3 is 9.84 Å². The van der Waals surface area contributed by atoms with Gasteiger partial charge in [0, 0.05) is 5.56 Å². The second-order valence-corrected chi connectivity index (χ2v) is 3.98. The van der Waals surface area contributed by atoms with Gasteiger partial charge in [-0.15, -0.1) is 0 Å². The van der Waals surface area contributed by atoms with Crippen LogP contribution in [0.3, 0.4) is 0 Å². The number of ketones is 1. The van der Waals surface area contributed by atoms with Crippen LogP contribution >= 0.6 is 0 Å². The summed E-state index contributed by atoms with van der Waals surface area (Å²) in [7, 11) is 0. The Morgan fingerprint density at radius 2 is 1.94 bits per heavy atom. The summed E-state index contributed by atoms with van der Waals surface area (Å²) in [6, 6.07) is 6.90. The van der Waals surface area contributed by atoms with Crippen molar-refractivity contribution >= 4 is 5.78 Å². The van der Waals surface area contributed by atoms with Crippen molar-refractivity contribution in [1.29, 1.82) is 0 Å². The summed E-state index contributed by atoms with van der Waals surface area (Å²) >= 11 is 0. The molecular formula is C14H20O3. The molecule has 1 aromatic carbocycles. The number of aliphatic hydroxyl groups is 1. The molecule has 0 heterocycles. The Hall–Kier alpha value is -1.35. The lowest BCUT2D eigenvalue weighted by Gasteiger charge is -2.09. The zero-order valence-corrected chi connectivity index (χ0v) is 10.5. The van der Waals surface area contributed by atoms with E-state index in [1.54, 1.807) is 24.3 Å². The number of carbonyl (C=O) groups excluding carboxylic acids is 1. The van der Waals surface area contributed by atoms with Gasteiger partial charge in [-0.3, -0.25) is 4.79 Å². The van der Waals surface area contributed by atoms with Gasteiger partial charge in [-0.2, -0.15) is 0 Å². The quantitative estimate of drug-likeness (QED) is 0.740. The van der Waals surface area contributed by atoms with Crippen LogP contribution in [0.5, 0.6) is 5.75 Å². The molecule has 0 bridgehead atoms. The summed E-state index contributed by atoms with van der Waals surface area (Å²) < 4.78 is 5.29. The van der Waals surface area contributed by atoms with E-state index in [4.69, 9.17) is 4.74 Å². The molecule has 17 heavy (non-hydrogen) atoms. The number of carbonyl (C=O) groups is 1. The molecule has 0 aliphatic heterocycles. The molecule has 0 fully saturated rings. The Morgan fingerprint density at radius 3 is 2.47 bits per heavy atom. The molecule has 0 spiro atoms. The van der Waals surface area contributed by atoms with E-state index in [-0.39, 0.29) is 5.78 Å². The Labute approximate surface area is 102 Å². The van der Waals surface area contributed by atoms with E-state index >= 15 is 0 Å². The Morgan fingerprint density at radius 1 is 1.29 bits per heavy atom. The molecule has 1 unspecified atom stereocenters. The van der Waals surface area contributed by atoms with Crippen molar-refractivity contribution in [3.05, 3.63) is 29.8 Å². The largest absolute Gasteiger partial charge is 0.494 e. The van der Waals surface area contributed by atoms with E-state index in [0.29, 0.717) is 18.6 Å². The number of Topliss-reactive ketones (excluding diaryl/α,β-unsaturated/α-hetero) is 1. The molecule has 0 amide bonds. The summed E-state index contributed by atoms with van der Waals surface area (Å²) in [6.45, 7) is 4.55. The first-order chi connectivity index (χ1) is 8.19. The Bertz CT molecular complexity index is 343. The second kappa shape index (κ2) is 7.07. The molecule has 1 atom stereocenters. The minimum atomic E-state index is -0.882. The molecule has 1 N–H and O–H groups in total. The van der Waals surface area contributed by atoms with Gasteiger partial charge >= 0.3 is 0 Å². The summed E-state index contributed by atoms with van der Waals surface area (Å²) in [5.74, 6) is 0.536. The summed E-state index contributed by atoms with van der Waals surface area (Å²) in [5, 5.41) is 9.69. The van der Waals surface area contributed by atoms with Crippen molar-refractivity contribution in [2.24, 2.45) is 0 Å². The predicted octanol–water partition coefficient (Wildman–Crippen LogP) is 2.82. The van der Waals surface area contributed by atoms with Crippen molar-refractivity contribution in [2.45, 2.75) is 39.2 Å². The van der Waals surface area contributed by atoms with Gasteiger partial charge in [0.05, 0.1) is 6.61 Å². The Kier molecular flexibility index (Phi) is 5.70. The first kappa shape index (κ1) is 13.7. The van der Waals surface area contributed by atoms with Crippen LogP contribution in [0.4, 0.5) is 0 Å². The molecule has 1 rings (SSSR count). The normalized spacial score (nSPS) is 12.2. The van der Waals surface area contributed by atoms with E-state index in [1.165, 1.54) is 0 Å². The van der Waals surface area contributed by atoms with Crippen LogP contribution in [0.2, 0.25) is 0 Å². The highest BCUT2D eigenvalue weighted by molar-refractivity contribution is 5.99. The highest BCUT2D eigenvalue weighted by atomic mass is 16.5. The van der Waals surface area contributed by atoms with Crippen molar-refractivity contribution in [1.82, 2.24) is 0 Å². The van der Waals surface area contributed by atoms with Gasteiger partial charge in [0.25, 0.3) is 0 Å². The zero-order chi connectivity index (χ0) is 12.7. The summed E-state index contributed by atoms with van der Waals surface area (Å²) in [4.78, 5) is 11.8. The highest BCUT2D eigenvalue weighted by Gasteiger charge is 2.16. The SMILES string of the molecule is CCCCC(O)C(=O)c1ccc(OCC)cc1. The smallest absolute Gasteiger partial charge is 0.191 e. The zero-order valence-electron chi connectivity index (χ0n) is 10.5. The van der Waals surface area contributed by atoms with Gasteiger partial charge in [0.2, 0.25) is 0 Å². The molecule has 1 aromatic rings. The highest BCUT2D eigenvalue weighted by Crippen LogP contribution is 2.15. The number of rotatable bonds is 7. The van der Waals surface area contributed by atoms with E-state index in [2.05, 4.69) is 0 Å². The molecule has 0 aliphatic rings. The standard InChI is InChI=1S/C14H20O3/c1-3-5-6-13(15)14(16)11-7-9-12(10-8-11)17-4-2/h7-10,13,15H,3-6H2,1-2H3. The van der Waals surface area contributed by atoms with E-state index in [9.17, 15) is 9.90 Å². The van der Waals surface area contributed by atoms with Gasteiger partial charge in [0.1, 0.15) is 11.9 Å². The maximum absolute atomic E-state index is 11.8. The monoisotopic (exact) mass is 236 g/mol.